The van der Waals surface area contributed by atoms with Crippen molar-refractivity contribution in [3.63, 3.8) is 0 Å². The third-order valence-corrected chi connectivity index (χ3v) is 10.8. The molecule has 0 aliphatic carbocycles. The van der Waals surface area contributed by atoms with E-state index >= 15 is 0 Å². The molecule has 0 aliphatic rings. The van der Waals surface area contributed by atoms with Crippen LogP contribution in [0.2, 0.25) is 0 Å². The van der Waals surface area contributed by atoms with Gasteiger partial charge >= 0.3 is 81.4 Å². The second-order valence-corrected chi connectivity index (χ2v) is 10.1. The molecule has 0 amide bonds. The summed E-state index contributed by atoms with van der Waals surface area (Å²) in [6.45, 7) is 8.00. The summed E-state index contributed by atoms with van der Waals surface area (Å²) in [5, 5.41) is 0. The summed E-state index contributed by atoms with van der Waals surface area (Å²) < 4.78 is 5.71. The summed E-state index contributed by atoms with van der Waals surface area (Å²) in [5.74, 6) is -0.106. The molecule has 0 radical (unpaired) electrons. The molecular weight excluding hydrogens is 183 g/mol. The molecule has 0 heterocycles. The molecular formula is C10H23O2P. The third kappa shape index (κ3) is 2.43. The molecule has 0 bridgehead atoms. The van der Waals surface area contributed by atoms with Crippen LogP contribution in [0, 0.1) is 0 Å². The Morgan fingerprint density at radius 1 is 1.00 bits per heavy atom. The summed E-state index contributed by atoms with van der Waals surface area (Å²) in [5.41, 5.74) is 0. The van der Waals surface area contributed by atoms with Gasteiger partial charge in [-0.1, -0.05) is 0 Å². The van der Waals surface area contributed by atoms with Crippen molar-refractivity contribution in [2.75, 3.05) is 24.6 Å². The van der Waals surface area contributed by atoms with Gasteiger partial charge in [-0.25, -0.2) is 0 Å². The molecule has 0 N–H and O–H groups in total. The average Bonchev–Trinajstić information content (AvgIpc) is 2.15. The van der Waals surface area contributed by atoms with Crippen molar-refractivity contribution >= 4 is 12.8 Å². The first-order valence-corrected chi connectivity index (χ1v) is 8.08. The van der Waals surface area contributed by atoms with Crippen LogP contribution < -0.4 is 0 Å². The van der Waals surface area contributed by atoms with Gasteiger partial charge in [-0.2, -0.15) is 0 Å². The second-order valence-electron chi connectivity index (χ2n) is 3.71. The van der Waals surface area contributed by atoms with E-state index in [1.54, 1.807) is 0 Å². The Labute approximate surface area is 82.1 Å². The molecule has 0 unspecified atom stereocenters. The van der Waals surface area contributed by atoms with Crippen LogP contribution in [0.3, 0.4) is 0 Å². The summed E-state index contributed by atoms with van der Waals surface area (Å²) in [4.78, 5) is 11.1. The zero-order chi connectivity index (χ0) is 10.6. The first kappa shape index (κ1) is 12.9. The van der Waals surface area contributed by atoms with Gasteiger partial charge in [0.2, 0.25) is 0 Å². The predicted octanol–water partition coefficient (Wildman–Crippen LogP) is 3.10. The minimum atomic E-state index is -2.12. The van der Waals surface area contributed by atoms with Gasteiger partial charge in [-0.05, 0) is 0 Å². The van der Waals surface area contributed by atoms with Gasteiger partial charge in [0.25, 0.3) is 0 Å². The Kier molecular flexibility index (Phi) is 4.38. The fourth-order valence-electron chi connectivity index (χ4n) is 1.96. The molecule has 0 saturated carbocycles. The van der Waals surface area contributed by atoms with Crippen molar-refractivity contribution in [1.29, 1.82) is 0 Å². The molecule has 0 rings (SSSR count). The molecule has 80 valence electrons. The van der Waals surface area contributed by atoms with Crippen molar-refractivity contribution < 1.29 is 9.32 Å². The van der Waals surface area contributed by atoms with Crippen LogP contribution in [-0.2, 0) is 9.32 Å². The van der Waals surface area contributed by atoms with Crippen LogP contribution in [0.15, 0.2) is 0 Å². The molecule has 0 spiro atoms. The Morgan fingerprint density at radius 3 is 1.38 bits per heavy atom. The zero-order valence-electron chi connectivity index (χ0n) is 9.59. The van der Waals surface area contributed by atoms with Crippen LogP contribution in [0.25, 0.3) is 0 Å². The Morgan fingerprint density at radius 2 is 1.31 bits per heavy atom. The quantitative estimate of drug-likeness (QED) is 0.646. The van der Waals surface area contributed by atoms with Crippen LogP contribution >= 0.6 is 6.83 Å². The first-order valence-electron chi connectivity index (χ1n) is 5.18. The number of rotatable bonds is 5. The number of carbonyl (C=O) groups is 1. The van der Waals surface area contributed by atoms with Crippen LogP contribution in [0.4, 0.5) is 0 Å². The van der Waals surface area contributed by atoms with Crippen molar-refractivity contribution in [2.45, 2.75) is 34.6 Å². The molecule has 0 aromatic carbocycles. The van der Waals surface area contributed by atoms with Crippen LogP contribution in [0.1, 0.15) is 34.6 Å². The normalized spacial score (nSPS) is 14.7. The van der Waals surface area contributed by atoms with E-state index in [2.05, 4.69) is 27.7 Å². The summed E-state index contributed by atoms with van der Waals surface area (Å²) >= 11 is 0. The molecule has 0 saturated heterocycles. The molecule has 0 atom stereocenters. The standard InChI is InChI=1S/C10H23O2P/c1-6-13(7-2,8-3,9-4)12-10(5)11/h6-9H2,1-5H3. The topological polar surface area (TPSA) is 26.3 Å². The van der Waals surface area contributed by atoms with Gasteiger partial charge in [0.15, 0.2) is 0 Å². The van der Waals surface area contributed by atoms with E-state index in [0.717, 1.165) is 24.6 Å². The van der Waals surface area contributed by atoms with Gasteiger partial charge in [0.1, 0.15) is 0 Å². The van der Waals surface area contributed by atoms with Crippen molar-refractivity contribution in [3.05, 3.63) is 0 Å². The van der Waals surface area contributed by atoms with E-state index in [1.807, 2.05) is 0 Å². The molecule has 2 nitrogen and oxygen atoms in total. The van der Waals surface area contributed by atoms with Gasteiger partial charge in [0, 0.05) is 0 Å². The van der Waals surface area contributed by atoms with Gasteiger partial charge in [-0.15, -0.1) is 0 Å². The second kappa shape index (κ2) is 4.41. The first-order chi connectivity index (χ1) is 5.97. The minimum absolute atomic E-state index is 0.106. The van der Waals surface area contributed by atoms with Gasteiger partial charge < -0.3 is 0 Å². The Balaban J connectivity index is 4.94. The molecule has 13 heavy (non-hydrogen) atoms. The average molecular weight is 206 g/mol. The Bertz CT molecular complexity index is 162. The zero-order valence-corrected chi connectivity index (χ0v) is 10.5. The fraction of sp³-hybridized carbons (Fsp3) is 0.900. The maximum atomic E-state index is 11.1. The van der Waals surface area contributed by atoms with Crippen LogP contribution in [-0.4, -0.2) is 30.6 Å². The van der Waals surface area contributed by atoms with Crippen molar-refractivity contribution in [2.24, 2.45) is 0 Å². The number of hydrogen-bond acceptors (Lipinski definition) is 2. The molecule has 0 aromatic rings. The van der Waals surface area contributed by atoms with E-state index in [1.165, 1.54) is 6.92 Å². The molecule has 0 aromatic heterocycles. The van der Waals surface area contributed by atoms with Crippen molar-refractivity contribution in [3.8, 4) is 0 Å². The van der Waals surface area contributed by atoms with E-state index in [4.69, 9.17) is 4.52 Å². The Hall–Kier alpha value is -0.100. The molecule has 0 fully saturated rings. The van der Waals surface area contributed by atoms with Gasteiger partial charge in [0.05, 0.1) is 0 Å². The third-order valence-electron chi connectivity index (χ3n) is 3.59. The van der Waals surface area contributed by atoms with E-state index in [-0.39, 0.29) is 5.97 Å². The van der Waals surface area contributed by atoms with E-state index in [9.17, 15) is 4.79 Å². The maximum absolute atomic E-state index is 11.1. The SMILES string of the molecule is CCP(CC)(CC)(CC)OC(C)=O. The van der Waals surface area contributed by atoms with Crippen molar-refractivity contribution in [1.82, 2.24) is 0 Å². The predicted molar refractivity (Wildman–Crippen MR) is 60.9 cm³/mol. The van der Waals surface area contributed by atoms with E-state index in [0.29, 0.717) is 0 Å². The summed E-state index contributed by atoms with van der Waals surface area (Å²) in [6.07, 6.45) is 4.09. The molecule has 3 heteroatoms. The van der Waals surface area contributed by atoms with Crippen LogP contribution in [0.5, 0.6) is 0 Å². The fourth-order valence-corrected chi connectivity index (χ4v) is 5.89. The molecule has 0 aliphatic heterocycles. The monoisotopic (exact) mass is 206 g/mol. The number of carbonyl (C=O) groups excluding carboxylic acids is 1. The van der Waals surface area contributed by atoms with E-state index < -0.39 is 6.83 Å². The van der Waals surface area contributed by atoms with Gasteiger partial charge in [-0.3, -0.25) is 0 Å². The number of hydrogen-bond donors (Lipinski definition) is 0. The summed E-state index contributed by atoms with van der Waals surface area (Å²) in [6, 6.07) is 0. The summed E-state index contributed by atoms with van der Waals surface area (Å²) in [7, 11) is 0.